The molecule has 0 aromatic carbocycles. The molecule has 0 spiro atoms. The summed E-state index contributed by atoms with van der Waals surface area (Å²) in [4.78, 5) is 0. The van der Waals surface area contributed by atoms with Crippen molar-refractivity contribution in [3.8, 4) is 0 Å². The van der Waals surface area contributed by atoms with Gasteiger partial charge in [0.25, 0.3) is 0 Å². The van der Waals surface area contributed by atoms with Gasteiger partial charge in [0, 0.05) is 0 Å². The van der Waals surface area contributed by atoms with Crippen LogP contribution >= 0.6 is 0 Å². The fourth-order valence-corrected chi connectivity index (χ4v) is 1.95. The molecule has 0 heteroatoms. The molecule has 0 aliphatic carbocycles. The molecule has 84 valence electrons. The van der Waals surface area contributed by atoms with E-state index >= 15 is 0 Å². The molecule has 0 aromatic rings. The quantitative estimate of drug-likeness (QED) is 0.491. The Kier molecular flexibility index (Phi) is 7.93. The van der Waals surface area contributed by atoms with Gasteiger partial charge in [-0.3, -0.25) is 0 Å². The lowest BCUT2D eigenvalue weighted by molar-refractivity contribution is 0.482. The van der Waals surface area contributed by atoms with E-state index in [2.05, 4.69) is 40.7 Å². The Hall–Kier alpha value is -0.260. The van der Waals surface area contributed by atoms with Crippen LogP contribution in [0.2, 0.25) is 0 Å². The first-order valence-electron chi connectivity index (χ1n) is 6.28. The van der Waals surface area contributed by atoms with Crippen molar-refractivity contribution in [2.75, 3.05) is 0 Å². The standard InChI is InChI=1S/C14H28/c1-6-9-13(5)11-14(8-3)10-12(4)7-2/h8,12-13H,6-7,9-11H2,1-5H3. The second kappa shape index (κ2) is 8.08. The van der Waals surface area contributed by atoms with Crippen LogP contribution in [0.25, 0.3) is 0 Å². The lowest BCUT2D eigenvalue weighted by Gasteiger charge is -2.16. The van der Waals surface area contributed by atoms with Crippen molar-refractivity contribution in [1.82, 2.24) is 0 Å². The zero-order valence-electron chi connectivity index (χ0n) is 10.8. The van der Waals surface area contributed by atoms with Crippen LogP contribution in [0.5, 0.6) is 0 Å². The van der Waals surface area contributed by atoms with Crippen molar-refractivity contribution in [1.29, 1.82) is 0 Å². The fourth-order valence-electron chi connectivity index (χ4n) is 1.95. The molecule has 2 atom stereocenters. The molecule has 14 heavy (non-hydrogen) atoms. The number of allylic oxidation sites excluding steroid dienone is 2. The number of hydrogen-bond acceptors (Lipinski definition) is 0. The molecule has 0 fully saturated rings. The van der Waals surface area contributed by atoms with E-state index in [1.54, 1.807) is 5.57 Å². The molecule has 0 rings (SSSR count). The molecule has 0 saturated carbocycles. The van der Waals surface area contributed by atoms with E-state index in [-0.39, 0.29) is 0 Å². The van der Waals surface area contributed by atoms with E-state index in [1.807, 2.05) is 0 Å². The Morgan fingerprint density at radius 1 is 1.07 bits per heavy atom. The first-order valence-corrected chi connectivity index (χ1v) is 6.28. The van der Waals surface area contributed by atoms with Gasteiger partial charge < -0.3 is 0 Å². The summed E-state index contributed by atoms with van der Waals surface area (Å²) in [6.07, 6.45) is 8.95. The van der Waals surface area contributed by atoms with E-state index < -0.39 is 0 Å². The van der Waals surface area contributed by atoms with E-state index in [0.717, 1.165) is 11.8 Å². The Balaban J connectivity index is 3.91. The maximum absolute atomic E-state index is 2.38. The second-order valence-corrected chi connectivity index (χ2v) is 4.76. The maximum atomic E-state index is 2.38. The van der Waals surface area contributed by atoms with Gasteiger partial charge in [0.05, 0.1) is 0 Å². The number of hydrogen-bond donors (Lipinski definition) is 0. The molecule has 0 radical (unpaired) electrons. The highest BCUT2D eigenvalue weighted by molar-refractivity contribution is 5.02. The lowest BCUT2D eigenvalue weighted by atomic mass is 9.90. The van der Waals surface area contributed by atoms with Crippen LogP contribution in [0.15, 0.2) is 11.6 Å². The predicted molar refractivity (Wildman–Crippen MR) is 66.5 cm³/mol. The highest BCUT2D eigenvalue weighted by Gasteiger charge is 2.07. The minimum absolute atomic E-state index is 0.857. The Labute approximate surface area is 90.8 Å². The van der Waals surface area contributed by atoms with Crippen LogP contribution in [-0.4, -0.2) is 0 Å². The van der Waals surface area contributed by atoms with Gasteiger partial charge in [-0.05, 0) is 31.6 Å². The molecular weight excluding hydrogens is 168 g/mol. The van der Waals surface area contributed by atoms with Crippen molar-refractivity contribution in [3.05, 3.63) is 11.6 Å². The van der Waals surface area contributed by atoms with Gasteiger partial charge in [-0.15, -0.1) is 0 Å². The Morgan fingerprint density at radius 3 is 2.07 bits per heavy atom. The third-order valence-corrected chi connectivity index (χ3v) is 3.11. The summed E-state index contributed by atoms with van der Waals surface area (Å²) in [5.74, 6) is 1.73. The molecule has 0 saturated heterocycles. The molecule has 0 aliphatic heterocycles. The van der Waals surface area contributed by atoms with Gasteiger partial charge in [-0.25, -0.2) is 0 Å². The van der Waals surface area contributed by atoms with Gasteiger partial charge in [0.15, 0.2) is 0 Å². The summed E-state index contributed by atoms with van der Waals surface area (Å²) in [7, 11) is 0. The molecule has 0 aromatic heterocycles. The normalized spacial score (nSPS) is 16.8. The van der Waals surface area contributed by atoms with Crippen molar-refractivity contribution in [3.63, 3.8) is 0 Å². The average molecular weight is 196 g/mol. The summed E-state index contributed by atoms with van der Waals surface area (Å²) in [5, 5.41) is 0. The Bertz CT molecular complexity index is 155. The van der Waals surface area contributed by atoms with Crippen molar-refractivity contribution < 1.29 is 0 Å². The highest BCUT2D eigenvalue weighted by Crippen LogP contribution is 2.23. The fraction of sp³-hybridized carbons (Fsp3) is 0.857. The van der Waals surface area contributed by atoms with Crippen molar-refractivity contribution in [2.45, 2.75) is 66.7 Å². The van der Waals surface area contributed by atoms with E-state index in [1.165, 1.54) is 32.1 Å². The third kappa shape index (κ3) is 6.23. The summed E-state index contributed by atoms with van der Waals surface area (Å²) >= 11 is 0. The minimum Gasteiger partial charge on any atom is -0.0884 e. The van der Waals surface area contributed by atoms with Crippen LogP contribution in [0, 0.1) is 11.8 Å². The Morgan fingerprint density at radius 2 is 1.64 bits per heavy atom. The van der Waals surface area contributed by atoms with Gasteiger partial charge >= 0.3 is 0 Å². The SMILES string of the molecule is CC=C(CC(C)CC)CC(C)CCC. The van der Waals surface area contributed by atoms with Gasteiger partial charge in [0.2, 0.25) is 0 Å². The van der Waals surface area contributed by atoms with Crippen molar-refractivity contribution >= 4 is 0 Å². The van der Waals surface area contributed by atoms with Gasteiger partial charge in [-0.2, -0.15) is 0 Å². The van der Waals surface area contributed by atoms with E-state index in [4.69, 9.17) is 0 Å². The van der Waals surface area contributed by atoms with Crippen LogP contribution in [0.1, 0.15) is 66.7 Å². The first-order chi connectivity index (χ1) is 6.63. The molecule has 0 nitrogen and oxygen atoms in total. The van der Waals surface area contributed by atoms with E-state index in [0.29, 0.717) is 0 Å². The predicted octanol–water partition coefficient (Wildman–Crippen LogP) is 5.20. The molecule has 0 aliphatic rings. The molecule has 0 amide bonds. The van der Waals surface area contributed by atoms with Gasteiger partial charge in [-0.1, -0.05) is 58.6 Å². The van der Waals surface area contributed by atoms with Crippen LogP contribution in [0.3, 0.4) is 0 Å². The molecule has 0 N–H and O–H groups in total. The largest absolute Gasteiger partial charge is 0.0884 e. The summed E-state index contributed by atoms with van der Waals surface area (Å²) < 4.78 is 0. The summed E-state index contributed by atoms with van der Waals surface area (Å²) in [6, 6.07) is 0. The van der Waals surface area contributed by atoms with E-state index in [9.17, 15) is 0 Å². The molecule has 0 heterocycles. The van der Waals surface area contributed by atoms with Gasteiger partial charge in [0.1, 0.15) is 0 Å². The van der Waals surface area contributed by atoms with Crippen LogP contribution < -0.4 is 0 Å². The lowest BCUT2D eigenvalue weighted by Crippen LogP contribution is -2.01. The third-order valence-electron chi connectivity index (χ3n) is 3.11. The average Bonchev–Trinajstić information content (AvgIpc) is 2.16. The second-order valence-electron chi connectivity index (χ2n) is 4.76. The smallest absolute Gasteiger partial charge is 0.0294 e. The zero-order valence-corrected chi connectivity index (χ0v) is 10.8. The highest BCUT2D eigenvalue weighted by atomic mass is 14.1. The molecular formula is C14H28. The number of rotatable bonds is 7. The van der Waals surface area contributed by atoms with Crippen LogP contribution in [0.4, 0.5) is 0 Å². The maximum Gasteiger partial charge on any atom is -0.0294 e. The molecule has 2 unspecified atom stereocenters. The summed E-state index contributed by atoms with van der Waals surface area (Å²) in [6.45, 7) is 11.5. The molecule has 0 bridgehead atoms. The minimum atomic E-state index is 0.857. The zero-order chi connectivity index (χ0) is 11.0. The monoisotopic (exact) mass is 196 g/mol. The first kappa shape index (κ1) is 13.7. The van der Waals surface area contributed by atoms with Crippen molar-refractivity contribution in [2.24, 2.45) is 11.8 Å². The summed E-state index contributed by atoms with van der Waals surface area (Å²) in [5.41, 5.74) is 1.67. The topological polar surface area (TPSA) is 0 Å². The van der Waals surface area contributed by atoms with Crippen LogP contribution in [-0.2, 0) is 0 Å².